The molecule has 18 heavy (non-hydrogen) atoms. The van der Waals surface area contributed by atoms with Gasteiger partial charge in [0.05, 0.1) is 0 Å². The lowest BCUT2D eigenvalue weighted by Crippen LogP contribution is -2.09. The standard InChI is InChI=1S/C14H15N3S/c1-9-3-5-12(7-10(9)2)17-13-6-4-11(8-16-13)14(15)18/h3-8H,1-2H3,(H2,15,18)(H,16,17). The number of nitrogens with zero attached hydrogens (tertiary/aromatic N) is 1. The summed E-state index contributed by atoms with van der Waals surface area (Å²) in [5.74, 6) is 0.776. The average Bonchev–Trinajstić information content (AvgIpc) is 2.34. The van der Waals surface area contributed by atoms with Crippen molar-refractivity contribution in [2.45, 2.75) is 13.8 Å². The first-order valence-electron chi connectivity index (χ1n) is 5.66. The Morgan fingerprint density at radius 2 is 1.94 bits per heavy atom. The smallest absolute Gasteiger partial charge is 0.130 e. The number of nitrogens with two attached hydrogens (primary N) is 1. The number of benzene rings is 1. The lowest BCUT2D eigenvalue weighted by atomic mass is 10.1. The molecule has 1 heterocycles. The first-order chi connectivity index (χ1) is 8.56. The van der Waals surface area contributed by atoms with Crippen LogP contribution in [0.2, 0.25) is 0 Å². The van der Waals surface area contributed by atoms with E-state index in [0.717, 1.165) is 17.1 Å². The van der Waals surface area contributed by atoms with Gasteiger partial charge in [-0.05, 0) is 49.2 Å². The summed E-state index contributed by atoms with van der Waals surface area (Å²) in [5.41, 5.74) is 9.84. The first kappa shape index (κ1) is 12.5. The SMILES string of the molecule is Cc1ccc(Nc2ccc(C(N)=S)cn2)cc1C. The van der Waals surface area contributed by atoms with E-state index >= 15 is 0 Å². The van der Waals surface area contributed by atoms with Crippen LogP contribution in [-0.2, 0) is 0 Å². The lowest BCUT2D eigenvalue weighted by molar-refractivity contribution is 1.28. The minimum atomic E-state index is 0.361. The fourth-order valence-electron chi connectivity index (χ4n) is 1.58. The molecule has 2 rings (SSSR count). The minimum absolute atomic E-state index is 0.361. The van der Waals surface area contributed by atoms with Crippen molar-refractivity contribution in [1.82, 2.24) is 4.98 Å². The van der Waals surface area contributed by atoms with Crippen molar-refractivity contribution < 1.29 is 0 Å². The molecular formula is C14H15N3S. The van der Waals surface area contributed by atoms with Gasteiger partial charge in [0.25, 0.3) is 0 Å². The maximum absolute atomic E-state index is 5.52. The second-order valence-corrected chi connectivity index (χ2v) is 4.66. The zero-order chi connectivity index (χ0) is 13.1. The summed E-state index contributed by atoms with van der Waals surface area (Å²) in [6, 6.07) is 9.94. The summed E-state index contributed by atoms with van der Waals surface area (Å²) >= 11 is 4.88. The molecule has 0 fully saturated rings. The van der Waals surface area contributed by atoms with E-state index in [-0.39, 0.29) is 0 Å². The van der Waals surface area contributed by atoms with E-state index in [1.165, 1.54) is 11.1 Å². The number of nitrogens with one attached hydrogen (secondary N) is 1. The molecule has 3 N–H and O–H groups in total. The number of rotatable bonds is 3. The van der Waals surface area contributed by atoms with Crippen LogP contribution < -0.4 is 11.1 Å². The number of aromatic nitrogens is 1. The molecule has 0 amide bonds. The molecule has 0 aliphatic carbocycles. The summed E-state index contributed by atoms with van der Waals surface area (Å²) in [4.78, 5) is 4.63. The van der Waals surface area contributed by atoms with Gasteiger partial charge >= 0.3 is 0 Å². The van der Waals surface area contributed by atoms with Gasteiger partial charge in [0, 0.05) is 17.4 Å². The van der Waals surface area contributed by atoms with Crippen LogP contribution in [-0.4, -0.2) is 9.97 Å². The Labute approximate surface area is 112 Å². The van der Waals surface area contributed by atoms with Crippen molar-refractivity contribution >= 4 is 28.7 Å². The second-order valence-electron chi connectivity index (χ2n) is 4.22. The zero-order valence-corrected chi connectivity index (χ0v) is 11.2. The summed E-state index contributed by atoms with van der Waals surface area (Å²) in [7, 11) is 0. The molecular weight excluding hydrogens is 242 g/mol. The van der Waals surface area contributed by atoms with Crippen molar-refractivity contribution in [2.24, 2.45) is 5.73 Å². The molecule has 1 aromatic heterocycles. The van der Waals surface area contributed by atoms with Crippen LogP contribution in [0.4, 0.5) is 11.5 Å². The largest absolute Gasteiger partial charge is 0.389 e. The molecule has 0 aliphatic heterocycles. The van der Waals surface area contributed by atoms with Gasteiger partial charge in [0.1, 0.15) is 10.8 Å². The van der Waals surface area contributed by atoms with Crippen LogP contribution in [0, 0.1) is 13.8 Å². The summed E-state index contributed by atoms with van der Waals surface area (Å²) in [6.45, 7) is 4.18. The van der Waals surface area contributed by atoms with E-state index in [2.05, 4.69) is 36.3 Å². The monoisotopic (exact) mass is 257 g/mol. The highest BCUT2D eigenvalue weighted by molar-refractivity contribution is 7.80. The quantitative estimate of drug-likeness (QED) is 0.830. The van der Waals surface area contributed by atoms with E-state index in [4.69, 9.17) is 18.0 Å². The van der Waals surface area contributed by atoms with Gasteiger partial charge in [-0.3, -0.25) is 0 Å². The van der Waals surface area contributed by atoms with Crippen molar-refractivity contribution in [3.8, 4) is 0 Å². The maximum Gasteiger partial charge on any atom is 0.130 e. The first-order valence-corrected chi connectivity index (χ1v) is 6.07. The zero-order valence-electron chi connectivity index (χ0n) is 10.4. The number of thiocarbonyl (C=S) groups is 1. The van der Waals surface area contributed by atoms with E-state index in [1.807, 2.05) is 18.2 Å². The van der Waals surface area contributed by atoms with Crippen molar-refractivity contribution in [3.05, 3.63) is 53.2 Å². The fraction of sp³-hybridized carbons (Fsp3) is 0.143. The Hall–Kier alpha value is -1.94. The van der Waals surface area contributed by atoms with Gasteiger partial charge in [0.2, 0.25) is 0 Å². The van der Waals surface area contributed by atoms with Gasteiger partial charge in [-0.15, -0.1) is 0 Å². The number of hydrogen-bond donors (Lipinski definition) is 2. The molecule has 92 valence electrons. The van der Waals surface area contributed by atoms with Crippen LogP contribution in [0.1, 0.15) is 16.7 Å². The molecule has 0 saturated carbocycles. The Balaban J connectivity index is 2.18. The van der Waals surface area contributed by atoms with E-state index < -0.39 is 0 Å². The van der Waals surface area contributed by atoms with Gasteiger partial charge in [-0.1, -0.05) is 18.3 Å². The highest BCUT2D eigenvalue weighted by Crippen LogP contribution is 2.18. The molecule has 1 aromatic carbocycles. The van der Waals surface area contributed by atoms with Gasteiger partial charge in [0.15, 0.2) is 0 Å². The Morgan fingerprint density at radius 1 is 1.17 bits per heavy atom. The van der Waals surface area contributed by atoms with Crippen LogP contribution in [0.15, 0.2) is 36.5 Å². The highest BCUT2D eigenvalue weighted by atomic mass is 32.1. The highest BCUT2D eigenvalue weighted by Gasteiger charge is 2.00. The third-order valence-corrected chi connectivity index (χ3v) is 3.06. The minimum Gasteiger partial charge on any atom is -0.389 e. The van der Waals surface area contributed by atoms with Crippen LogP contribution >= 0.6 is 12.2 Å². The molecule has 0 unspecified atom stereocenters. The maximum atomic E-state index is 5.52. The van der Waals surface area contributed by atoms with Gasteiger partial charge in [-0.2, -0.15) is 0 Å². The molecule has 0 radical (unpaired) electrons. The average molecular weight is 257 g/mol. The van der Waals surface area contributed by atoms with E-state index in [9.17, 15) is 0 Å². The summed E-state index contributed by atoms with van der Waals surface area (Å²) in [6.07, 6.45) is 1.67. The molecule has 2 aromatic rings. The molecule has 0 spiro atoms. The Morgan fingerprint density at radius 3 is 2.50 bits per heavy atom. The second kappa shape index (κ2) is 5.14. The molecule has 3 nitrogen and oxygen atoms in total. The lowest BCUT2D eigenvalue weighted by Gasteiger charge is -2.08. The van der Waals surface area contributed by atoms with Crippen LogP contribution in [0.5, 0.6) is 0 Å². The predicted molar refractivity (Wildman–Crippen MR) is 79.3 cm³/mol. The molecule has 4 heteroatoms. The van der Waals surface area contributed by atoms with E-state index in [0.29, 0.717) is 4.99 Å². The summed E-state index contributed by atoms with van der Waals surface area (Å²) in [5, 5.41) is 3.24. The van der Waals surface area contributed by atoms with Crippen molar-refractivity contribution in [3.63, 3.8) is 0 Å². The molecule has 0 bridgehead atoms. The van der Waals surface area contributed by atoms with Crippen molar-refractivity contribution in [1.29, 1.82) is 0 Å². The molecule has 0 atom stereocenters. The number of anilines is 2. The topological polar surface area (TPSA) is 50.9 Å². The van der Waals surface area contributed by atoms with E-state index in [1.54, 1.807) is 6.20 Å². The normalized spacial score (nSPS) is 10.1. The molecule has 0 saturated heterocycles. The van der Waals surface area contributed by atoms with Crippen molar-refractivity contribution in [2.75, 3.05) is 5.32 Å². The number of aryl methyl sites for hydroxylation is 2. The Bertz CT molecular complexity index is 576. The third-order valence-electron chi connectivity index (χ3n) is 2.83. The van der Waals surface area contributed by atoms with Crippen LogP contribution in [0.25, 0.3) is 0 Å². The van der Waals surface area contributed by atoms with Gasteiger partial charge < -0.3 is 11.1 Å². The third kappa shape index (κ3) is 2.84. The number of hydrogen-bond acceptors (Lipinski definition) is 3. The van der Waals surface area contributed by atoms with Gasteiger partial charge in [-0.25, -0.2) is 4.98 Å². The number of pyridine rings is 1. The summed E-state index contributed by atoms with van der Waals surface area (Å²) < 4.78 is 0. The Kier molecular flexibility index (Phi) is 3.58. The fourth-order valence-corrected chi connectivity index (χ4v) is 1.70. The molecule has 0 aliphatic rings. The predicted octanol–water partition coefficient (Wildman–Crippen LogP) is 3.08. The van der Waals surface area contributed by atoms with Crippen LogP contribution in [0.3, 0.4) is 0 Å².